The van der Waals surface area contributed by atoms with E-state index < -0.39 is 0 Å². The van der Waals surface area contributed by atoms with E-state index >= 15 is 0 Å². The van der Waals surface area contributed by atoms with Crippen molar-refractivity contribution in [2.45, 2.75) is 72.8 Å². The highest BCUT2D eigenvalue weighted by molar-refractivity contribution is 6.12. The minimum Gasteiger partial charge on any atom is -0.383 e. The van der Waals surface area contributed by atoms with Gasteiger partial charge in [-0.3, -0.25) is 4.99 Å². The van der Waals surface area contributed by atoms with Gasteiger partial charge in [0.05, 0.1) is 12.3 Å². The van der Waals surface area contributed by atoms with Gasteiger partial charge in [-0.15, -0.1) is 0 Å². The second kappa shape index (κ2) is 14.1. The zero-order valence-corrected chi connectivity index (χ0v) is 19.5. The van der Waals surface area contributed by atoms with Crippen LogP contribution >= 0.6 is 0 Å². The van der Waals surface area contributed by atoms with Crippen LogP contribution in [0, 0.1) is 5.92 Å². The Labute approximate surface area is 179 Å². The van der Waals surface area contributed by atoms with Gasteiger partial charge in [0.2, 0.25) is 0 Å². The zero-order chi connectivity index (χ0) is 21.6. The van der Waals surface area contributed by atoms with Crippen LogP contribution in [-0.4, -0.2) is 37.7 Å². The van der Waals surface area contributed by atoms with E-state index in [4.69, 9.17) is 4.99 Å². The van der Waals surface area contributed by atoms with Crippen molar-refractivity contribution in [3.63, 3.8) is 0 Å². The van der Waals surface area contributed by atoms with Gasteiger partial charge in [-0.2, -0.15) is 0 Å². The minimum atomic E-state index is 0.437. The minimum absolute atomic E-state index is 0.437. The van der Waals surface area contributed by atoms with Crippen LogP contribution in [-0.2, 0) is 0 Å². The van der Waals surface area contributed by atoms with Gasteiger partial charge in [-0.25, -0.2) is 4.99 Å². The average Bonchev–Trinajstić information content (AvgIpc) is 3.24. The molecular formula is C25H42N4. The van der Waals surface area contributed by atoms with Crippen LogP contribution in [0.5, 0.6) is 0 Å². The third kappa shape index (κ3) is 8.53. The number of hydrogen-bond donors (Lipinski definition) is 2. The molecule has 29 heavy (non-hydrogen) atoms. The first-order valence-corrected chi connectivity index (χ1v) is 11.4. The number of aliphatic imine (C=N–C) groups is 2. The van der Waals surface area contributed by atoms with Crippen molar-refractivity contribution < 1.29 is 0 Å². The maximum absolute atomic E-state index is 4.79. The Bertz CT molecular complexity index is 658. The van der Waals surface area contributed by atoms with E-state index in [0.29, 0.717) is 12.6 Å². The molecule has 0 spiro atoms. The summed E-state index contributed by atoms with van der Waals surface area (Å²) in [5, 5.41) is 6.68. The van der Waals surface area contributed by atoms with E-state index in [2.05, 4.69) is 67.2 Å². The van der Waals surface area contributed by atoms with Gasteiger partial charge in [0.15, 0.2) is 0 Å². The maximum atomic E-state index is 4.79. The lowest BCUT2D eigenvalue weighted by atomic mass is 9.96. The topological polar surface area (TPSA) is 48.8 Å². The van der Waals surface area contributed by atoms with Crippen LogP contribution in [0.25, 0.3) is 5.70 Å². The summed E-state index contributed by atoms with van der Waals surface area (Å²) in [7, 11) is 2.02. The molecule has 2 unspecified atom stereocenters. The molecule has 1 heterocycles. The fraction of sp³-hybridized carbons (Fsp3) is 0.600. The molecule has 2 atom stereocenters. The lowest BCUT2D eigenvalue weighted by molar-refractivity contribution is 0.437. The van der Waals surface area contributed by atoms with Crippen LogP contribution in [0.1, 0.15) is 77.8 Å². The summed E-state index contributed by atoms with van der Waals surface area (Å²) >= 11 is 0. The van der Waals surface area contributed by atoms with Gasteiger partial charge in [0, 0.05) is 18.2 Å². The normalized spacial score (nSPS) is 15.0. The summed E-state index contributed by atoms with van der Waals surface area (Å²) in [4.78, 5) is 9.45. The summed E-state index contributed by atoms with van der Waals surface area (Å²) in [5.74, 6) is 1.77. The van der Waals surface area contributed by atoms with Crippen molar-refractivity contribution in [2.75, 3.05) is 20.1 Å². The molecular weight excluding hydrogens is 356 g/mol. The predicted molar refractivity (Wildman–Crippen MR) is 130 cm³/mol. The highest BCUT2D eigenvalue weighted by Gasteiger charge is 2.14. The molecule has 0 radical (unpaired) electrons. The Morgan fingerprint density at radius 3 is 2.38 bits per heavy atom. The molecule has 0 saturated heterocycles. The van der Waals surface area contributed by atoms with Crippen molar-refractivity contribution in [3.05, 3.63) is 42.0 Å². The van der Waals surface area contributed by atoms with Crippen molar-refractivity contribution in [1.82, 2.24) is 10.6 Å². The lowest BCUT2D eigenvalue weighted by Gasteiger charge is -2.15. The molecule has 0 aromatic heterocycles. The first kappa shape index (κ1) is 25.1. The van der Waals surface area contributed by atoms with Gasteiger partial charge in [0.25, 0.3) is 0 Å². The standard InChI is InChI=1S/C23H36N4.C2H6/c1-6-17(3)26-18(4)20-9-11-21(12-10-20)22-16-25-23(27-22)13-8-19(7-2)14-15-24-5;1-2/h9-12,17,19,24,26H,4,6-8,13-16H2,1-3,5H3;1-2H3. The molecule has 2 rings (SSSR count). The van der Waals surface area contributed by atoms with E-state index in [-0.39, 0.29) is 0 Å². The smallest absolute Gasteiger partial charge is 0.124 e. The van der Waals surface area contributed by atoms with Crippen LogP contribution in [0.4, 0.5) is 0 Å². The van der Waals surface area contributed by atoms with Gasteiger partial charge in [-0.1, -0.05) is 65.0 Å². The van der Waals surface area contributed by atoms with Crippen LogP contribution in [0.2, 0.25) is 0 Å². The second-order valence-corrected chi connectivity index (χ2v) is 7.51. The van der Waals surface area contributed by atoms with E-state index in [1.165, 1.54) is 19.3 Å². The fourth-order valence-corrected chi connectivity index (χ4v) is 3.26. The summed E-state index contributed by atoms with van der Waals surface area (Å²) in [6.07, 6.45) is 5.70. The molecule has 1 aliphatic rings. The molecule has 1 aromatic rings. The Morgan fingerprint density at radius 2 is 1.79 bits per heavy atom. The largest absolute Gasteiger partial charge is 0.383 e. The molecule has 0 amide bonds. The first-order valence-electron chi connectivity index (χ1n) is 11.4. The van der Waals surface area contributed by atoms with Crippen molar-refractivity contribution in [3.8, 4) is 0 Å². The Hall–Kier alpha value is -1.94. The summed E-state index contributed by atoms with van der Waals surface area (Å²) in [6.45, 7) is 16.6. The van der Waals surface area contributed by atoms with E-state index in [1.54, 1.807) is 0 Å². The molecule has 2 N–H and O–H groups in total. The van der Waals surface area contributed by atoms with Gasteiger partial charge < -0.3 is 10.6 Å². The number of nitrogens with one attached hydrogen (secondary N) is 2. The monoisotopic (exact) mass is 398 g/mol. The average molecular weight is 399 g/mol. The van der Waals surface area contributed by atoms with E-state index in [9.17, 15) is 0 Å². The Morgan fingerprint density at radius 1 is 1.10 bits per heavy atom. The van der Waals surface area contributed by atoms with Crippen LogP contribution in [0.15, 0.2) is 40.8 Å². The number of amidine groups is 1. The Balaban J connectivity index is 0.00000204. The predicted octanol–water partition coefficient (Wildman–Crippen LogP) is 5.69. The van der Waals surface area contributed by atoms with E-state index in [0.717, 1.165) is 53.7 Å². The molecule has 162 valence electrons. The van der Waals surface area contributed by atoms with Crippen molar-refractivity contribution >= 4 is 17.2 Å². The molecule has 0 saturated carbocycles. The summed E-state index contributed by atoms with van der Waals surface area (Å²) in [6, 6.07) is 8.96. The van der Waals surface area contributed by atoms with Crippen molar-refractivity contribution in [1.29, 1.82) is 0 Å². The highest BCUT2D eigenvalue weighted by atomic mass is 15.0. The third-order valence-electron chi connectivity index (χ3n) is 5.43. The fourth-order valence-electron chi connectivity index (χ4n) is 3.26. The zero-order valence-electron chi connectivity index (χ0n) is 19.5. The number of benzene rings is 1. The molecule has 0 aliphatic carbocycles. The summed E-state index contributed by atoms with van der Waals surface area (Å²) < 4.78 is 0. The molecule has 4 nitrogen and oxygen atoms in total. The van der Waals surface area contributed by atoms with Gasteiger partial charge >= 0.3 is 0 Å². The summed E-state index contributed by atoms with van der Waals surface area (Å²) in [5.41, 5.74) is 4.36. The maximum Gasteiger partial charge on any atom is 0.124 e. The lowest BCUT2D eigenvalue weighted by Crippen LogP contribution is -2.22. The number of hydrogen-bond acceptors (Lipinski definition) is 4. The van der Waals surface area contributed by atoms with Gasteiger partial charge in [-0.05, 0) is 56.8 Å². The molecule has 1 aliphatic heterocycles. The molecule has 0 fully saturated rings. The highest BCUT2D eigenvalue weighted by Crippen LogP contribution is 2.19. The molecule has 4 heteroatoms. The second-order valence-electron chi connectivity index (χ2n) is 7.51. The number of rotatable bonds is 12. The van der Waals surface area contributed by atoms with Gasteiger partial charge in [0.1, 0.15) is 5.84 Å². The SMILES string of the molecule is C=C(NC(C)CC)c1ccc(C2=NC(CCC(CC)CCNC)=NC2)cc1.CC. The van der Waals surface area contributed by atoms with Crippen LogP contribution in [0.3, 0.4) is 0 Å². The van der Waals surface area contributed by atoms with E-state index in [1.807, 2.05) is 20.9 Å². The quantitative estimate of drug-likeness (QED) is 0.475. The molecule has 0 bridgehead atoms. The first-order chi connectivity index (χ1) is 14.1. The van der Waals surface area contributed by atoms with Crippen molar-refractivity contribution in [2.24, 2.45) is 15.9 Å². The Kier molecular flexibility index (Phi) is 12.2. The number of nitrogens with zero attached hydrogens (tertiary/aromatic N) is 2. The molecule has 1 aromatic carbocycles. The van der Waals surface area contributed by atoms with Crippen LogP contribution < -0.4 is 10.6 Å². The third-order valence-corrected chi connectivity index (χ3v) is 5.43.